The fraction of sp³-hybridized carbons (Fsp3) is 0.267. The molecule has 0 spiro atoms. The molecule has 24 heavy (non-hydrogen) atoms. The smallest absolute Gasteiger partial charge is 0.427 e. The number of hydrogen-bond donors (Lipinski definition) is 1. The molecule has 1 N–H and O–H groups in total. The second-order valence-corrected chi connectivity index (χ2v) is 5.09. The largest absolute Gasteiger partial charge is 0.429 e. The number of carbonyl (C=O) groups excluding carboxylic acids is 3. The van der Waals surface area contributed by atoms with Crippen molar-refractivity contribution in [3.63, 3.8) is 0 Å². The molecular formula is C15H11F4NO4. The highest BCUT2D eigenvalue weighted by molar-refractivity contribution is 6.10. The average Bonchev–Trinajstić information content (AvgIpc) is 2.70. The predicted octanol–water partition coefficient (Wildman–Crippen LogP) is 2.28. The van der Waals surface area contributed by atoms with E-state index in [0.717, 1.165) is 38.1 Å². The van der Waals surface area contributed by atoms with Gasteiger partial charge in [-0.05, 0) is 38.1 Å². The van der Waals surface area contributed by atoms with E-state index < -0.39 is 46.5 Å². The van der Waals surface area contributed by atoms with Crippen LogP contribution in [0.15, 0.2) is 35.6 Å². The Morgan fingerprint density at radius 1 is 1.17 bits per heavy atom. The van der Waals surface area contributed by atoms with Gasteiger partial charge < -0.3 is 10.1 Å². The zero-order valence-electron chi connectivity index (χ0n) is 12.5. The van der Waals surface area contributed by atoms with Crippen LogP contribution in [0.3, 0.4) is 0 Å². The molecule has 0 fully saturated rings. The zero-order chi connectivity index (χ0) is 18.3. The van der Waals surface area contributed by atoms with Crippen molar-refractivity contribution in [1.82, 2.24) is 5.32 Å². The van der Waals surface area contributed by atoms with E-state index in [0.29, 0.717) is 0 Å². The molecule has 1 heterocycles. The Kier molecular flexibility index (Phi) is 4.21. The minimum absolute atomic E-state index is 0.319. The molecule has 0 saturated heterocycles. The number of esters is 1. The van der Waals surface area contributed by atoms with Gasteiger partial charge in [0.1, 0.15) is 11.6 Å². The van der Waals surface area contributed by atoms with E-state index in [9.17, 15) is 31.9 Å². The Bertz CT molecular complexity index is 752. The summed E-state index contributed by atoms with van der Waals surface area (Å²) in [7, 11) is 0. The minimum Gasteiger partial charge on any atom is -0.429 e. The first-order valence-electron chi connectivity index (χ1n) is 6.60. The number of nitrogens with one attached hydrogen (secondary N) is 1. The molecule has 1 amide bonds. The van der Waals surface area contributed by atoms with Crippen molar-refractivity contribution in [2.75, 3.05) is 0 Å². The number of allylic oxidation sites excluding steroid dienone is 1. The molecule has 1 unspecified atom stereocenters. The lowest BCUT2D eigenvalue weighted by molar-refractivity contribution is -0.195. The van der Waals surface area contributed by atoms with Gasteiger partial charge in [0.25, 0.3) is 11.4 Å². The van der Waals surface area contributed by atoms with Crippen molar-refractivity contribution >= 4 is 17.7 Å². The monoisotopic (exact) mass is 345 g/mol. The van der Waals surface area contributed by atoms with Gasteiger partial charge >= 0.3 is 12.1 Å². The van der Waals surface area contributed by atoms with Crippen molar-refractivity contribution in [2.45, 2.75) is 25.6 Å². The van der Waals surface area contributed by atoms with Crippen LogP contribution >= 0.6 is 0 Å². The molecule has 1 aliphatic heterocycles. The summed E-state index contributed by atoms with van der Waals surface area (Å²) in [6, 6.07) is 3.63. The van der Waals surface area contributed by atoms with E-state index in [1.54, 1.807) is 5.32 Å². The lowest BCUT2D eigenvalue weighted by Crippen LogP contribution is -2.64. The van der Waals surface area contributed by atoms with Crippen LogP contribution in [0.4, 0.5) is 17.6 Å². The molecule has 1 aliphatic rings. The van der Waals surface area contributed by atoms with Crippen molar-refractivity contribution < 1.29 is 36.7 Å². The Labute approximate surface area is 133 Å². The van der Waals surface area contributed by atoms with Gasteiger partial charge in [0, 0.05) is 5.56 Å². The topological polar surface area (TPSA) is 72.5 Å². The van der Waals surface area contributed by atoms with Gasteiger partial charge in [-0.15, -0.1) is 0 Å². The summed E-state index contributed by atoms with van der Waals surface area (Å²) in [5, 5.41) is 1.54. The number of cyclic esters (lactones) is 1. The number of Topliss-reactive ketones (excluding diaryl/α,β-unsaturated/α-hetero) is 1. The molecule has 5 nitrogen and oxygen atoms in total. The summed E-state index contributed by atoms with van der Waals surface area (Å²) >= 11 is 0. The number of ether oxygens (including phenoxy) is 1. The Morgan fingerprint density at radius 3 is 2.17 bits per heavy atom. The fourth-order valence-corrected chi connectivity index (χ4v) is 2.43. The summed E-state index contributed by atoms with van der Waals surface area (Å²) in [6.07, 6.45) is -5.32. The summed E-state index contributed by atoms with van der Waals surface area (Å²) < 4.78 is 58.2. The fourth-order valence-electron chi connectivity index (χ4n) is 2.43. The summed E-state index contributed by atoms with van der Waals surface area (Å²) in [4.78, 5) is 35.6. The van der Waals surface area contributed by atoms with Gasteiger partial charge in [-0.25, -0.2) is 9.18 Å². The number of rotatable bonds is 3. The van der Waals surface area contributed by atoms with Crippen LogP contribution in [0, 0.1) is 5.82 Å². The molecule has 0 radical (unpaired) electrons. The second kappa shape index (κ2) is 5.73. The minimum atomic E-state index is -5.32. The Morgan fingerprint density at radius 2 is 1.71 bits per heavy atom. The number of ketones is 1. The van der Waals surface area contributed by atoms with Crippen LogP contribution in [-0.4, -0.2) is 29.4 Å². The number of amides is 1. The molecule has 9 heteroatoms. The number of carbonyl (C=O) groups is 3. The van der Waals surface area contributed by atoms with Gasteiger partial charge in [0.15, 0.2) is 5.78 Å². The van der Waals surface area contributed by atoms with E-state index in [1.165, 1.54) is 0 Å². The Hall–Kier alpha value is -2.71. The predicted molar refractivity (Wildman–Crippen MR) is 72.1 cm³/mol. The van der Waals surface area contributed by atoms with E-state index in [1.807, 2.05) is 0 Å². The van der Waals surface area contributed by atoms with Gasteiger partial charge in [0.2, 0.25) is 0 Å². The number of hydrogen-bond acceptors (Lipinski definition) is 4. The average molecular weight is 345 g/mol. The van der Waals surface area contributed by atoms with Gasteiger partial charge in [-0.3, -0.25) is 9.59 Å². The molecule has 0 aliphatic carbocycles. The lowest BCUT2D eigenvalue weighted by atomic mass is 9.86. The first-order chi connectivity index (χ1) is 11.0. The SMILES string of the molecule is CC(=O)C1=C(C)OC(=O)C1(NC(=O)c1ccc(F)cc1)C(F)(F)F. The highest BCUT2D eigenvalue weighted by Crippen LogP contribution is 2.43. The van der Waals surface area contributed by atoms with Crippen molar-refractivity contribution in [2.24, 2.45) is 0 Å². The maximum Gasteiger partial charge on any atom is 0.427 e. The highest BCUT2D eigenvalue weighted by atomic mass is 19.4. The molecular weight excluding hydrogens is 334 g/mol. The van der Waals surface area contributed by atoms with Crippen LogP contribution in [0.5, 0.6) is 0 Å². The number of alkyl halides is 3. The van der Waals surface area contributed by atoms with Gasteiger partial charge in [-0.1, -0.05) is 0 Å². The van der Waals surface area contributed by atoms with E-state index in [4.69, 9.17) is 0 Å². The maximum atomic E-state index is 13.6. The van der Waals surface area contributed by atoms with E-state index in [-0.39, 0.29) is 5.56 Å². The third-order valence-electron chi connectivity index (χ3n) is 3.46. The lowest BCUT2D eigenvalue weighted by Gasteiger charge is -2.30. The molecule has 1 aromatic carbocycles. The van der Waals surface area contributed by atoms with Crippen molar-refractivity contribution in [1.29, 1.82) is 0 Å². The number of benzene rings is 1. The third kappa shape index (κ3) is 2.66. The van der Waals surface area contributed by atoms with E-state index >= 15 is 0 Å². The molecule has 0 aromatic heterocycles. The third-order valence-corrected chi connectivity index (χ3v) is 3.46. The van der Waals surface area contributed by atoms with Crippen molar-refractivity contribution in [3.05, 3.63) is 47.0 Å². The van der Waals surface area contributed by atoms with Gasteiger partial charge in [0.05, 0.1) is 5.57 Å². The standard InChI is InChI=1S/C15H11F4NO4/c1-7(21)11-8(2)24-13(23)14(11,15(17,18)19)20-12(22)9-3-5-10(16)6-4-9/h3-6H,1-2H3,(H,20,22). The van der Waals surface area contributed by atoms with Crippen molar-refractivity contribution in [3.8, 4) is 0 Å². The first kappa shape index (κ1) is 17.6. The molecule has 1 aromatic rings. The summed E-state index contributed by atoms with van der Waals surface area (Å²) in [6.45, 7) is 1.84. The second-order valence-electron chi connectivity index (χ2n) is 5.09. The zero-order valence-corrected chi connectivity index (χ0v) is 12.5. The summed E-state index contributed by atoms with van der Waals surface area (Å²) in [5.41, 5.74) is -4.91. The summed E-state index contributed by atoms with van der Waals surface area (Å²) in [5.74, 6) is -5.44. The van der Waals surface area contributed by atoms with E-state index in [2.05, 4.69) is 4.74 Å². The Balaban J connectivity index is 2.54. The number of halogens is 4. The maximum absolute atomic E-state index is 13.6. The molecule has 0 saturated carbocycles. The van der Waals surface area contributed by atoms with Gasteiger partial charge in [-0.2, -0.15) is 13.2 Å². The van der Waals surface area contributed by atoms with Crippen LogP contribution in [0.1, 0.15) is 24.2 Å². The normalized spacial score (nSPS) is 20.8. The quantitative estimate of drug-likeness (QED) is 0.674. The molecule has 0 bridgehead atoms. The molecule has 1 atom stereocenters. The molecule has 2 rings (SSSR count). The molecule has 128 valence electrons. The van der Waals surface area contributed by atoms with Crippen LogP contribution in [-0.2, 0) is 14.3 Å². The first-order valence-corrected chi connectivity index (χ1v) is 6.60. The van der Waals surface area contributed by atoms with Crippen LogP contribution in [0.2, 0.25) is 0 Å². The van der Waals surface area contributed by atoms with Crippen LogP contribution < -0.4 is 5.32 Å². The van der Waals surface area contributed by atoms with Crippen LogP contribution in [0.25, 0.3) is 0 Å². The highest BCUT2D eigenvalue weighted by Gasteiger charge is 2.69.